The van der Waals surface area contributed by atoms with Crippen LogP contribution in [0.3, 0.4) is 0 Å². The van der Waals surface area contributed by atoms with Crippen LogP contribution in [0.1, 0.15) is 58.1 Å². The van der Waals surface area contributed by atoms with Crippen molar-refractivity contribution in [3.8, 4) is 0 Å². The first-order chi connectivity index (χ1) is 19.6. The predicted molar refractivity (Wildman–Crippen MR) is 160 cm³/mol. The van der Waals surface area contributed by atoms with Crippen LogP contribution in [-0.2, 0) is 25.4 Å². The zero-order valence-electron chi connectivity index (χ0n) is 24.9. The standard InChI is InChI=1S/C31H45N3O7/c1-22(2)19-34(20-23(3)4)28-14-10-25(11-15-29(36)40-21-41-31(38)39-17-7-6-16-35)18-27(28)33-30(37)32-26-12-8-24(5)9-13-26/h8-10,12-14,18,22-23,35H,6-7,11,15-17,19-21H2,1-5H3,(H2,32,33,37). The average Bonchev–Trinajstić information content (AvgIpc) is 2.90. The van der Waals surface area contributed by atoms with Gasteiger partial charge in [0.15, 0.2) is 0 Å². The summed E-state index contributed by atoms with van der Waals surface area (Å²) in [5.74, 6) is 0.296. The van der Waals surface area contributed by atoms with Gasteiger partial charge in [-0.3, -0.25) is 4.79 Å². The highest BCUT2D eigenvalue weighted by Crippen LogP contribution is 2.30. The molecule has 0 atom stereocenters. The molecule has 0 aromatic heterocycles. The van der Waals surface area contributed by atoms with Crippen LogP contribution in [0.5, 0.6) is 0 Å². The summed E-state index contributed by atoms with van der Waals surface area (Å²) >= 11 is 0. The predicted octanol–water partition coefficient (Wildman–Crippen LogP) is 6.12. The lowest BCUT2D eigenvalue weighted by Crippen LogP contribution is -2.32. The first kappa shape index (κ1) is 33.4. The number of carbonyl (C=O) groups excluding carboxylic acids is 3. The second kappa shape index (κ2) is 17.8. The molecule has 3 N–H and O–H groups in total. The third kappa shape index (κ3) is 13.4. The maximum Gasteiger partial charge on any atom is 0.511 e. The Bertz CT molecular complexity index is 1090. The topological polar surface area (TPSA) is 126 Å². The van der Waals surface area contributed by atoms with Gasteiger partial charge in [0.25, 0.3) is 0 Å². The highest BCUT2D eigenvalue weighted by Gasteiger charge is 2.17. The van der Waals surface area contributed by atoms with E-state index in [0.717, 1.165) is 29.9 Å². The lowest BCUT2D eigenvalue weighted by Gasteiger charge is -2.30. The summed E-state index contributed by atoms with van der Waals surface area (Å²) in [5, 5.41) is 14.6. The molecule has 2 rings (SSSR count). The third-order valence-electron chi connectivity index (χ3n) is 5.92. The van der Waals surface area contributed by atoms with Gasteiger partial charge in [0.2, 0.25) is 6.79 Å². The molecule has 0 spiro atoms. The van der Waals surface area contributed by atoms with Gasteiger partial charge in [-0.15, -0.1) is 0 Å². The van der Waals surface area contributed by atoms with Crippen molar-refractivity contribution >= 4 is 35.2 Å². The Morgan fingerprint density at radius 3 is 2.20 bits per heavy atom. The van der Waals surface area contributed by atoms with E-state index < -0.39 is 18.9 Å². The fourth-order valence-corrected chi connectivity index (χ4v) is 4.06. The quantitative estimate of drug-likeness (QED) is 0.125. The highest BCUT2D eigenvalue weighted by atomic mass is 16.8. The van der Waals surface area contributed by atoms with Crippen LogP contribution in [0.15, 0.2) is 42.5 Å². The summed E-state index contributed by atoms with van der Waals surface area (Å²) in [6.45, 7) is 11.9. The van der Waals surface area contributed by atoms with Gasteiger partial charge in [0, 0.05) is 31.8 Å². The van der Waals surface area contributed by atoms with Crippen molar-refractivity contribution in [2.45, 2.75) is 60.3 Å². The van der Waals surface area contributed by atoms with E-state index in [1.165, 1.54) is 0 Å². The normalized spacial score (nSPS) is 10.8. The van der Waals surface area contributed by atoms with Gasteiger partial charge >= 0.3 is 18.2 Å². The molecule has 0 radical (unpaired) electrons. The van der Waals surface area contributed by atoms with E-state index in [-0.39, 0.29) is 25.7 Å². The lowest BCUT2D eigenvalue weighted by molar-refractivity contribution is -0.153. The summed E-state index contributed by atoms with van der Waals surface area (Å²) in [5.41, 5.74) is 4.18. The summed E-state index contributed by atoms with van der Waals surface area (Å²) in [4.78, 5) is 39.0. The Morgan fingerprint density at radius 1 is 0.878 bits per heavy atom. The van der Waals surface area contributed by atoms with Crippen molar-refractivity contribution in [1.82, 2.24) is 0 Å². The van der Waals surface area contributed by atoms with Crippen LogP contribution in [0.4, 0.5) is 26.7 Å². The number of rotatable bonds is 16. The SMILES string of the molecule is Cc1ccc(NC(=O)Nc2cc(CCC(=O)OCOC(=O)OCCCCO)ccc2N(CC(C)C)CC(C)C)cc1. The molecule has 0 heterocycles. The number of nitrogens with one attached hydrogen (secondary N) is 2. The number of amides is 2. The Balaban J connectivity index is 2.06. The number of hydrogen-bond acceptors (Lipinski definition) is 8. The van der Waals surface area contributed by atoms with Gasteiger partial charge in [-0.05, 0) is 67.9 Å². The number of aliphatic hydroxyl groups excluding tert-OH is 1. The Hall–Kier alpha value is -3.79. The maximum atomic E-state index is 13.0. The monoisotopic (exact) mass is 571 g/mol. The van der Waals surface area contributed by atoms with Crippen molar-refractivity contribution in [3.05, 3.63) is 53.6 Å². The molecule has 2 aromatic carbocycles. The van der Waals surface area contributed by atoms with Gasteiger partial charge in [-0.2, -0.15) is 0 Å². The van der Waals surface area contributed by atoms with E-state index in [2.05, 4.69) is 43.2 Å². The number of anilines is 3. The van der Waals surface area contributed by atoms with E-state index in [1.807, 2.05) is 49.4 Å². The summed E-state index contributed by atoms with van der Waals surface area (Å²) in [6.07, 6.45) is 0.531. The molecule has 0 fully saturated rings. The van der Waals surface area contributed by atoms with Crippen LogP contribution in [0.2, 0.25) is 0 Å². The summed E-state index contributed by atoms with van der Waals surface area (Å²) < 4.78 is 14.5. The first-order valence-corrected chi connectivity index (χ1v) is 14.2. The second-order valence-electron chi connectivity index (χ2n) is 10.8. The van der Waals surface area contributed by atoms with Crippen molar-refractivity contribution < 1.29 is 33.7 Å². The zero-order chi connectivity index (χ0) is 30.2. The molecule has 2 aromatic rings. The van der Waals surface area contributed by atoms with E-state index in [4.69, 9.17) is 19.3 Å². The van der Waals surface area contributed by atoms with E-state index in [1.54, 1.807) is 0 Å². The average molecular weight is 572 g/mol. The van der Waals surface area contributed by atoms with Gasteiger partial charge in [-0.25, -0.2) is 9.59 Å². The van der Waals surface area contributed by atoms with Crippen LogP contribution in [0, 0.1) is 18.8 Å². The first-order valence-electron chi connectivity index (χ1n) is 14.2. The number of esters is 1. The Kier molecular flexibility index (Phi) is 14.5. The molecule has 10 heteroatoms. The molecule has 0 bridgehead atoms. The number of hydrogen-bond donors (Lipinski definition) is 3. The number of benzene rings is 2. The molecule has 0 aliphatic carbocycles. The minimum atomic E-state index is -0.932. The summed E-state index contributed by atoms with van der Waals surface area (Å²) in [7, 11) is 0. The fourth-order valence-electron chi connectivity index (χ4n) is 4.06. The number of unbranched alkanes of at least 4 members (excludes halogenated alkanes) is 1. The molecule has 10 nitrogen and oxygen atoms in total. The van der Waals surface area contributed by atoms with Crippen LogP contribution < -0.4 is 15.5 Å². The number of carbonyl (C=O) groups is 3. The molecule has 0 unspecified atom stereocenters. The van der Waals surface area contributed by atoms with Crippen LogP contribution in [0.25, 0.3) is 0 Å². The number of ether oxygens (including phenoxy) is 3. The number of aryl methyl sites for hydroxylation is 2. The van der Waals surface area contributed by atoms with Crippen molar-refractivity contribution in [2.75, 3.05) is 48.6 Å². The molecule has 226 valence electrons. The van der Waals surface area contributed by atoms with Crippen molar-refractivity contribution in [3.63, 3.8) is 0 Å². The molecule has 41 heavy (non-hydrogen) atoms. The molecule has 0 aliphatic rings. The number of urea groups is 1. The molecule has 0 aliphatic heterocycles. The fraction of sp³-hybridized carbons (Fsp3) is 0.516. The number of nitrogens with zero attached hydrogens (tertiary/aromatic N) is 1. The number of aliphatic hydroxyl groups is 1. The lowest BCUT2D eigenvalue weighted by atomic mass is 10.1. The minimum Gasteiger partial charge on any atom is -0.434 e. The Morgan fingerprint density at radius 2 is 1.56 bits per heavy atom. The van der Waals surface area contributed by atoms with Crippen molar-refractivity contribution in [1.29, 1.82) is 0 Å². The van der Waals surface area contributed by atoms with Gasteiger partial charge < -0.3 is 34.9 Å². The van der Waals surface area contributed by atoms with Crippen LogP contribution >= 0.6 is 0 Å². The third-order valence-corrected chi connectivity index (χ3v) is 5.92. The molecule has 0 saturated carbocycles. The molecule has 0 saturated heterocycles. The van der Waals surface area contributed by atoms with Crippen LogP contribution in [-0.4, -0.2) is 56.4 Å². The molecular weight excluding hydrogens is 526 g/mol. The second-order valence-corrected chi connectivity index (χ2v) is 10.8. The van der Waals surface area contributed by atoms with Gasteiger partial charge in [0.05, 0.1) is 18.0 Å². The zero-order valence-corrected chi connectivity index (χ0v) is 24.9. The maximum absolute atomic E-state index is 13.0. The molecule has 2 amide bonds. The minimum absolute atomic E-state index is 0.0189. The smallest absolute Gasteiger partial charge is 0.434 e. The van der Waals surface area contributed by atoms with Gasteiger partial charge in [-0.1, -0.05) is 51.5 Å². The van der Waals surface area contributed by atoms with E-state index in [9.17, 15) is 14.4 Å². The summed E-state index contributed by atoms with van der Waals surface area (Å²) in [6, 6.07) is 13.0. The Labute approximate surface area is 243 Å². The van der Waals surface area contributed by atoms with Crippen molar-refractivity contribution in [2.24, 2.45) is 11.8 Å². The largest absolute Gasteiger partial charge is 0.511 e. The van der Waals surface area contributed by atoms with E-state index in [0.29, 0.717) is 42.5 Å². The highest BCUT2D eigenvalue weighted by molar-refractivity contribution is 6.02. The molecular formula is C31H45N3O7. The van der Waals surface area contributed by atoms with Gasteiger partial charge in [0.1, 0.15) is 0 Å². The van der Waals surface area contributed by atoms with E-state index >= 15 is 0 Å².